The van der Waals surface area contributed by atoms with Crippen molar-refractivity contribution in [3.63, 3.8) is 0 Å². The summed E-state index contributed by atoms with van der Waals surface area (Å²) in [4.78, 5) is 16.0. The molecule has 7 heteroatoms. The summed E-state index contributed by atoms with van der Waals surface area (Å²) in [6, 6.07) is 4.10. The van der Waals surface area contributed by atoms with Crippen LogP contribution in [-0.2, 0) is 0 Å². The van der Waals surface area contributed by atoms with Gasteiger partial charge >= 0.3 is 0 Å². The van der Waals surface area contributed by atoms with E-state index in [9.17, 15) is 9.90 Å². The van der Waals surface area contributed by atoms with Gasteiger partial charge in [-0.3, -0.25) is 9.79 Å². The maximum absolute atomic E-state index is 11.8. The number of rotatable bonds is 3. The third-order valence-electron chi connectivity index (χ3n) is 2.18. The molecule has 1 aliphatic rings. The van der Waals surface area contributed by atoms with Crippen LogP contribution in [0.1, 0.15) is 10.4 Å². The van der Waals surface area contributed by atoms with Crippen LogP contribution >= 0.6 is 40.5 Å². The number of phenols is 2. The SMILES string of the molecule is Br.O=C(CSC1=NCCS1)c1ccc(O)c(O)c1. The Hall–Kier alpha value is -0.660. The molecule has 1 heterocycles. The number of hydrogen-bond donors (Lipinski definition) is 2. The van der Waals surface area contributed by atoms with Crippen LogP contribution in [0.2, 0.25) is 0 Å². The van der Waals surface area contributed by atoms with Crippen LogP contribution in [-0.4, -0.2) is 38.4 Å². The number of aliphatic imine (C=N–C) groups is 1. The van der Waals surface area contributed by atoms with Gasteiger partial charge in [0.2, 0.25) is 0 Å². The first-order valence-electron chi connectivity index (χ1n) is 5.02. The van der Waals surface area contributed by atoms with E-state index in [1.807, 2.05) is 0 Å². The van der Waals surface area contributed by atoms with Crippen LogP contribution in [0.15, 0.2) is 23.2 Å². The number of thioether (sulfide) groups is 2. The molecular weight excluding hydrogens is 338 g/mol. The zero-order valence-corrected chi connectivity index (χ0v) is 12.7. The minimum atomic E-state index is -0.270. The van der Waals surface area contributed by atoms with Gasteiger partial charge in [0.05, 0.1) is 12.3 Å². The van der Waals surface area contributed by atoms with Crippen molar-refractivity contribution < 1.29 is 15.0 Å². The summed E-state index contributed by atoms with van der Waals surface area (Å²) >= 11 is 3.07. The Morgan fingerprint density at radius 3 is 2.78 bits per heavy atom. The Kier molecular flexibility index (Phi) is 6.04. The molecule has 0 saturated heterocycles. The second kappa shape index (κ2) is 7.06. The Morgan fingerprint density at radius 1 is 1.39 bits per heavy atom. The lowest BCUT2D eigenvalue weighted by Gasteiger charge is -2.02. The molecule has 0 saturated carbocycles. The second-order valence-corrected chi connectivity index (χ2v) is 5.72. The molecule has 2 rings (SSSR count). The zero-order chi connectivity index (χ0) is 12.3. The molecular formula is C11H12BrNO3S2. The molecule has 0 atom stereocenters. The maximum atomic E-state index is 11.8. The van der Waals surface area contributed by atoms with Gasteiger partial charge in [0, 0.05) is 11.3 Å². The number of nitrogens with zero attached hydrogens (tertiary/aromatic N) is 1. The highest BCUT2D eigenvalue weighted by molar-refractivity contribution is 8.93. The first-order chi connectivity index (χ1) is 8.16. The number of hydrogen-bond acceptors (Lipinski definition) is 6. The molecule has 0 fully saturated rings. The van der Waals surface area contributed by atoms with Gasteiger partial charge in [-0.05, 0) is 18.2 Å². The van der Waals surface area contributed by atoms with Crippen molar-refractivity contribution in [2.24, 2.45) is 4.99 Å². The summed E-state index contributed by atoms with van der Waals surface area (Å²) in [6.07, 6.45) is 0. The lowest BCUT2D eigenvalue weighted by atomic mass is 10.1. The molecule has 0 amide bonds. The van der Waals surface area contributed by atoms with Crippen molar-refractivity contribution in [3.8, 4) is 11.5 Å². The van der Waals surface area contributed by atoms with E-state index < -0.39 is 0 Å². The van der Waals surface area contributed by atoms with Gasteiger partial charge in [0.25, 0.3) is 0 Å². The second-order valence-electron chi connectivity index (χ2n) is 3.41. The average Bonchev–Trinajstić information content (AvgIpc) is 2.82. The van der Waals surface area contributed by atoms with E-state index in [1.165, 1.54) is 30.0 Å². The van der Waals surface area contributed by atoms with Crippen LogP contribution < -0.4 is 0 Å². The molecule has 1 aliphatic heterocycles. The fourth-order valence-corrected chi connectivity index (χ4v) is 3.21. The number of aromatic hydroxyl groups is 2. The molecule has 4 nitrogen and oxygen atoms in total. The summed E-state index contributed by atoms with van der Waals surface area (Å²) in [5.74, 6) is 0.714. The summed E-state index contributed by atoms with van der Waals surface area (Å²) in [5.41, 5.74) is 0.399. The predicted molar refractivity (Wildman–Crippen MR) is 81.6 cm³/mol. The summed E-state index contributed by atoms with van der Waals surface area (Å²) in [7, 11) is 0. The number of benzene rings is 1. The van der Waals surface area contributed by atoms with Crippen molar-refractivity contribution in [1.29, 1.82) is 0 Å². The smallest absolute Gasteiger partial charge is 0.173 e. The van der Waals surface area contributed by atoms with E-state index >= 15 is 0 Å². The average molecular weight is 350 g/mol. The van der Waals surface area contributed by atoms with E-state index in [-0.39, 0.29) is 34.3 Å². The standard InChI is InChI=1S/C11H11NO3S2.BrH/c13-8-2-1-7(5-9(8)14)10(15)6-17-11-12-3-4-16-11;/h1-2,5,13-14H,3-4,6H2;1H. The van der Waals surface area contributed by atoms with Gasteiger partial charge < -0.3 is 10.2 Å². The van der Waals surface area contributed by atoms with Crippen LogP contribution in [0, 0.1) is 0 Å². The van der Waals surface area contributed by atoms with E-state index in [1.54, 1.807) is 11.8 Å². The van der Waals surface area contributed by atoms with Crippen molar-refractivity contribution >= 4 is 50.7 Å². The highest BCUT2D eigenvalue weighted by Crippen LogP contribution is 2.27. The highest BCUT2D eigenvalue weighted by Gasteiger charge is 2.13. The predicted octanol–water partition coefficient (Wildman–Crippen LogP) is 2.69. The Bertz CT molecular complexity index is 479. The van der Waals surface area contributed by atoms with Gasteiger partial charge in [-0.15, -0.1) is 17.0 Å². The summed E-state index contributed by atoms with van der Waals surface area (Å²) in [6.45, 7) is 0.821. The number of carbonyl (C=O) groups is 1. The van der Waals surface area contributed by atoms with Gasteiger partial charge in [0.15, 0.2) is 17.3 Å². The lowest BCUT2D eigenvalue weighted by Crippen LogP contribution is -2.03. The van der Waals surface area contributed by atoms with Gasteiger partial charge in [0.1, 0.15) is 4.38 Å². The molecule has 1 aromatic carbocycles. The molecule has 0 aromatic heterocycles. The first-order valence-corrected chi connectivity index (χ1v) is 6.99. The van der Waals surface area contributed by atoms with E-state index in [4.69, 9.17) is 5.11 Å². The molecule has 0 radical (unpaired) electrons. The topological polar surface area (TPSA) is 69.9 Å². The van der Waals surface area contributed by atoms with E-state index in [0.717, 1.165) is 16.7 Å². The van der Waals surface area contributed by atoms with E-state index in [0.29, 0.717) is 11.3 Å². The molecule has 2 N–H and O–H groups in total. The third kappa shape index (κ3) is 3.93. The molecule has 1 aromatic rings. The van der Waals surface area contributed by atoms with Crippen LogP contribution in [0.5, 0.6) is 11.5 Å². The maximum Gasteiger partial charge on any atom is 0.173 e. The zero-order valence-electron chi connectivity index (χ0n) is 9.33. The molecule has 98 valence electrons. The number of carbonyl (C=O) groups excluding carboxylic acids is 1. The Morgan fingerprint density at radius 2 is 2.17 bits per heavy atom. The number of phenolic OH excluding ortho intramolecular Hbond substituents is 2. The van der Waals surface area contributed by atoms with Crippen LogP contribution in [0.4, 0.5) is 0 Å². The fraction of sp³-hybridized carbons (Fsp3) is 0.273. The number of ketones is 1. The van der Waals surface area contributed by atoms with Crippen molar-refractivity contribution in [1.82, 2.24) is 0 Å². The number of Topliss-reactive ketones (excluding diaryl/α,β-unsaturated/α-hetero) is 1. The molecule has 18 heavy (non-hydrogen) atoms. The Labute approximate surface area is 124 Å². The van der Waals surface area contributed by atoms with E-state index in [2.05, 4.69) is 4.99 Å². The third-order valence-corrected chi connectivity index (χ3v) is 4.43. The van der Waals surface area contributed by atoms with Gasteiger partial charge in [-0.25, -0.2) is 0 Å². The summed E-state index contributed by atoms with van der Waals surface area (Å²) < 4.78 is 0.946. The van der Waals surface area contributed by atoms with Crippen molar-refractivity contribution in [2.75, 3.05) is 18.1 Å². The Balaban J connectivity index is 0.00000162. The van der Waals surface area contributed by atoms with Crippen LogP contribution in [0.3, 0.4) is 0 Å². The minimum absolute atomic E-state index is 0. The number of halogens is 1. The largest absolute Gasteiger partial charge is 0.504 e. The van der Waals surface area contributed by atoms with Crippen molar-refractivity contribution in [3.05, 3.63) is 23.8 Å². The monoisotopic (exact) mass is 349 g/mol. The highest BCUT2D eigenvalue weighted by atomic mass is 79.9. The molecule has 0 spiro atoms. The molecule has 0 unspecified atom stereocenters. The van der Waals surface area contributed by atoms with Crippen molar-refractivity contribution in [2.45, 2.75) is 0 Å². The summed E-state index contributed by atoms with van der Waals surface area (Å²) in [5, 5.41) is 18.4. The molecule has 0 bridgehead atoms. The molecule has 0 aliphatic carbocycles. The lowest BCUT2D eigenvalue weighted by molar-refractivity contribution is 0.102. The van der Waals surface area contributed by atoms with Gasteiger partial charge in [-0.1, -0.05) is 23.5 Å². The minimum Gasteiger partial charge on any atom is -0.504 e. The fourth-order valence-electron chi connectivity index (χ4n) is 1.31. The normalized spacial score (nSPS) is 13.9. The van der Waals surface area contributed by atoms with Crippen LogP contribution in [0.25, 0.3) is 0 Å². The van der Waals surface area contributed by atoms with Gasteiger partial charge in [-0.2, -0.15) is 0 Å². The quantitative estimate of drug-likeness (QED) is 0.648. The first kappa shape index (κ1) is 15.4.